The summed E-state index contributed by atoms with van der Waals surface area (Å²) < 4.78 is 12.9. The molecule has 0 saturated carbocycles. The van der Waals surface area contributed by atoms with Crippen molar-refractivity contribution in [3.63, 3.8) is 0 Å². The monoisotopic (exact) mass is 313 g/mol. The van der Waals surface area contributed by atoms with Crippen LogP contribution < -0.4 is 5.73 Å². The Labute approximate surface area is 124 Å². The van der Waals surface area contributed by atoms with E-state index in [4.69, 9.17) is 17.3 Å². The SMILES string of the molecule is CC(CCS(C)=O)n1nnnc1-c1cccc(Cl)c1N. The van der Waals surface area contributed by atoms with Gasteiger partial charge in [-0.1, -0.05) is 17.7 Å². The Morgan fingerprint density at radius 2 is 2.25 bits per heavy atom. The lowest BCUT2D eigenvalue weighted by Crippen LogP contribution is -2.12. The lowest BCUT2D eigenvalue weighted by molar-refractivity contribution is 0.470. The molecule has 0 aliphatic heterocycles. The minimum absolute atomic E-state index is 0.0299. The van der Waals surface area contributed by atoms with Gasteiger partial charge >= 0.3 is 0 Å². The number of halogens is 1. The summed E-state index contributed by atoms with van der Waals surface area (Å²) in [6.45, 7) is 1.98. The van der Waals surface area contributed by atoms with Gasteiger partial charge in [-0.25, -0.2) is 4.68 Å². The molecule has 1 aromatic heterocycles. The molecule has 1 heterocycles. The lowest BCUT2D eigenvalue weighted by atomic mass is 10.1. The Hall–Kier alpha value is -1.47. The molecule has 108 valence electrons. The third kappa shape index (κ3) is 3.16. The number of benzene rings is 1. The van der Waals surface area contributed by atoms with E-state index >= 15 is 0 Å². The van der Waals surface area contributed by atoms with Crippen LogP contribution in [-0.2, 0) is 10.8 Å². The summed E-state index contributed by atoms with van der Waals surface area (Å²) in [7, 11) is -0.835. The van der Waals surface area contributed by atoms with E-state index in [-0.39, 0.29) is 6.04 Å². The first-order valence-corrected chi connectivity index (χ1v) is 8.23. The van der Waals surface area contributed by atoms with Gasteiger partial charge in [-0.15, -0.1) is 5.10 Å². The van der Waals surface area contributed by atoms with E-state index in [9.17, 15) is 4.21 Å². The van der Waals surface area contributed by atoms with Gasteiger partial charge in [0.05, 0.1) is 16.8 Å². The van der Waals surface area contributed by atoms with E-state index in [1.807, 2.05) is 13.0 Å². The predicted molar refractivity (Wildman–Crippen MR) is 80.9 cm³/mol. The van der Waals surface area contributed by atoms with Crippen LogP contribution in [-0.4, -0.2) is 36.4 Å². The zero-order valence-corrected chi connectivity index (χ0v) is 12.9. The average Bonchev–Trinajstić information content (AvgIpc) is 2.88. The second kappa shape index (κ2) is 6.32. The Morgan fingerprint density at radius 1 is 1.50 bits per heavy atom. The molecule has 8 heteroatoms. The maximum Gasteiger partial charge on any atom is 0.184 e. The quantitative estimate of drug-likeness (QED) is 0.852. The van der Waals surface area contributed by atoms with E-state index in [1.54, 1.807) is 23.1 Å². The van der Waals surface area contributed by atoms with Crippen molar-refractivity contribution in [3.05, 3.63) is 23.2 Å². The lowest BCUT2D eigenvalue weighted by Gasteiger charge is -2.13. The van der Waals surface area contributed by atoms with Crippen LogP contribution in [0.2, 0.25) is 5.02 Å². The highest BCUT2D eigenvalue weighted by molar-refractivity contribution is 7.84. The van der Waals surface area contributed by atoms with Crippen LogP contribution >= 0.6 is 11.6 Å². The average molecular weight is 314 g/mol. The first kappa shape index (κ1) is 14.9. The molecule has 6 nitrogen and oxygen atoms in total. The molecular formula is C12H16ClN5OS. The minimum atomic E-state index is -0.835. The van der Waals surface area contributed by atoms with Crippen molar-refractivity contribution in [3.8, 4) is 11.4 Å². The number of nitrogen functional groups attached to an aromatic ring is 1. The number of para-hydroxylation sites is 1. The zero-order chi connectivity index (χ0) is 14.7. The van der Waals surface area contributed by atoms with Gasteiger partial charge in [-0.05, 0) is 35.9 Å². The van der Waals surface area contributed by atoms with Gasteiger partial charge in [0.2, 0.25) is 0 Å². The van der Waals surface area contributed by atoms with Gasteiger partial charge < -0.3 is 5.73 Å². The van der Waals surface area contributed by atoms with Crippen LogP contribution in [0, 0.1) is 0 Å². The fourth-order valence-corrected chi connectivity index (χ4v) is 2.71. The van der Waals surface area contributed by atoms with Gasteiger partial charge in [0.1, 0.15) is 0 Å². The Morgan fingerprint density at radius 3 is 2.95 bits per heavy atom. The van der Waals surface area contributed by atoms with Crippen LogP contribution in [0.4, 0.5) is 5.69 Å². The molecule has 0 fully saturated rings. The van der Waals surface area contributed by atoms with Crippen LogP contribution in [0.15, 0.2) is 18.2 Å². The molecule has 2 unspecified atom stereocenters. The normalized spacial score (nSPS) is 14.2. The summed E-state index contributed by atoms with van der Waals surface area (Å²) in [6.07, 6.45) is 2.41. The van der Waals surface area contributed by atoms with Crippen LogP contribution in [0.25, 0.3) is 11.4 Å². The van der Waals surface area contributed by atoms with Crippen molar-refractivity contribution in [2.24, 2.45) is 0 Å². The molecule has 0 saturated heterocycles. The Bertz CT molecular complexity index is 630. The molecule has 20 heavy (non-hydrogen) atoms. The Balaban J connectivity index is 2.33. The Kier molecular flexibility index (Phi) is 4.72. The van der Waals surface area contributed by atoms with Crippen LogP contribution in [0.1, 0.15) is 19.4 Å². The number of hydrogen-bond acceptors (Lipinski definition) is 5. The highest BCUT2D eigenvalue weighted by Crippen LogP contribution is 2.31. The van der Waals surface area contributed by atoms with Crippen molar-refractivity contribution in [2.75, 3.05) is 17.7 Å². The number of hydrogen-bond donors (Lipinski definition) is 1. The van der Waals surface area contributed by atoms with Crippen molar-refractivity contribution < 1.29 is 4.21 Å². The number of aromatic nitrogens is 4. The maximum atomic E-state index is 11.2. The number of tetrazole rings is 1. The van der Waals surface area contributed by atoms with E-state index in [0.717, 1.165) is 6.42 Å². The maximum absolute atomic E-state index is 11.2. The van der Waals surface area contributed by atoms with Crippen molar-refractivity contribution >= 4 is 28.1 Å². The van der Waals surface area contributed by atoms with Gasteiger partial charge in [-0.2, -0.15) is 0 Å². The summed E-state index contributed by atoms with van der Waals surface area (Å²) in [4.78, 5) is 0. The number of nitrogens with two attached hydrogens (primary N) is 1. The zero-order valence-electron chi connectivity index (χ0n) is 11.3. The largest absolute Gasteiger partial charge is 0.397 e. The summed E-state index contributed by atoms with van der Waals surface area (Å²) in [5, 5.41) is 12.2. The fourth-order valence-electron chi connectivity index (χ4n) is 1.86. The van der Waals surface area contributed by atoms with Crippen LogP contribution in [0.3, 0.4) is 0 Å². The molecule has 1 aromatic carbocycles. The van der Waals surface area contributed by atoms with Crippen molar-refractivity contribution in [2.45, 2.75) is 19.4 Å². The highest BCUT2D eigenvalue weighted by atomic mass is 35.5. The first-order valence-electron chi connectivity index (χ1n) is 6.13. The van der Waals surface area contributed by atoms with Crippen molar-refractivity contribution in [1.29, 1.82) is 0 Å². The topological polar surface area (TPSA) is 86.7 Å². The van der Waals surface area contributed by atoms with Gasteiger partial charge in [0.25, 0.3) is 0 Å². The highest BCUT2D eigenvalue weighted by Gasteiger charge is 2.17. The number of anilines is 1. The van der Waals surface area contributed by atoms with Crippen LogP contribution in [0.5, 0.6) is 0 Å². The van der Waals surface area contributed by atoms with Gasteiger partial charge in [-0.3, -0.25) is 4.21 Å². The molecule has 0 aliphatic rings. The van der Waals surface area contributed by atoms with E-state index in [0.29, 0.717) is 27.9 Å². The smallest absolute Gasteiger partial charge is 0.184 e. The molecule has 2 rings (SSSR count). The summed E-state index contributed by atoms with van der Waals surface area (Å²) >= 11 is 6.02. The number of nitrogens with zero attached hydrogens (tertiary/aromatic N) is 4. The molecule has 0 radical (unpaired) electrons. The second-order valence-corrected chi connectivity index (χ2v) is 6.52. The van der Waals surface area contributed by atoms with E-state index in [2.05, 4.69) is 15.5 Å². The minimum Gasteiger partial charge on any atom is -0.397 e. The fraction of sp³-hybridized carbons (Fsp3) is 0.417. The molecule has 0 spiro atoms. The van der Waals surface area contributed by atoms with Gasteiger partial charge in [0.15, 0.2) is 5.82 Å². The first-order chi connectivity index (χ1) is 9.50. The molecule has 2 atom stereocenters. The summed E-state index contributed by atoms with van der Waals surface area (Å²) in [5.74, 6) is 1.17. The third-order valence-electron chi connectivity index (χ3n) is 3.03. The number of rotatable bonds is 5. The molecule has 0 bridgehead atoms. The molecule has 0 aliphatic carbocycles. The van der Waals surface area contributed by atoms with E-state index in [1.165, 1.54) is 0 Å². The van der Waals surface area contributed by atoms with Gasteiger partial charge in [0, 0.05) is 28.4 Å². The second-order valence-electron chi connectivity index (χ2n) is 4.56. The molecule has 0 amide bonds. The van der Waals surface area contributed by atoms with Crippen molar-refractivity contribution in [1.82, 2.24) is 20.2 Å². The molecule has 2 N–H and O–H groups in total. The predicted octanol–water partition coefficient (Wildman–Crippen LogP) is 1.91. The summed E-state index contributed by atoms with van der Waals surface area (Å²) in [5.41, 5.74) is 7.13. The standard InChI is InChI=1S/C12H16ClN5OS/c1-8(6-7-20(2)19)18-12(15-16-17-18)9-4-3-5-10(13)11(9)14/h3-5,8H,6-7,14H2,1-2H3. The summed E-state index contributed by atoms with van der Waals surface area (Å²) in [6, 6.07) is 5.38. The third-order valence-corrected chi connectivity index (χ3v) is 4.17. The molecule has 2 aromatic rings. The molecular weight excluding hydrogens is 298 g/mol. The van der Waals surface area contributed by atoms with E-state index < -0.39 is 10.8 Å².